The van der Waals surface area contributed by atoms with Crippen LogP contribution in [0.4, 0.5) is 10.5 Å². The van der Waals surface area contributed by atoms with Crippen molar-refractivity contribution in [3.05, 3.63) is 29.3 Å². The van der Waals surface area contributed by atoms with E-state index < -0.39 is 11.8 Å². The van der Waals surface area contributed by atoms with Gasteiger partial charge in [0.15, 0.2) is 0 Å². The van der Waals surface area contributed by atoms with E-state index in [9.17, 15) is 15.2 Å². The normalized spacial score (nSPS) is 13.9. The highest BCUT2D eigenvalue weighted by Gasteiger charge is 2.30. The molecule has 0 saturated carbocycles. The predicted octanol–water partition coefficient (Wildman–Crippen LogP) is 2.67. The fourth-order valence-electron chi connectivity index (χ4n) is 2.20. The average Bonchev–Trinajstić information content (AvgIpc) is 2.36. The summed E-state index contributed by atoms with van der Waals surface area (Å²) in [6.45, 7) is 7.82. The Morgan fingerprint density at radius 2 is 2.09 bits per heavy atom. The van der Waals surface area contributed by atoms with Crippen LogP contribution in [0.15, 0.2) is 18.2 Å². The molecule has 6 heteroatoms. The van der Waals surface area contributed by atoms with Crippen LogP contribution in [0.3, 0.4) is 0 Å². The van der Waals surface area contributed by atoms with Crippen LogP contribution in [0, 0.1) is 16.7 Å². The Hall–Kier alpha value is -2.10. The quantitative estimate of drug-likeness (QED) is 0.741. The zero-order chi connectivity index (χ0) is 17.0. The van der Waals surface area contributed by atoms with Gasteiger partial charge in [0.05, 0.1) is 17.9 Å². The summed E-state index contributed by atoms with van der Waals surface area (Å²) in [5.74, 6) is 0. The molecule has 0 aliphatic heterocycles. The van der Waals surface area contributed by atoms with E-state index in [0.717, 1.165) is 0 Å². The number of nitrogens with zero attached hydrogens (tertiary/aromatic N) is 1. The molecule has 0 radical (unpaired) electrons. The van der Waals surface area contributed by atoms with Crippen LogP contribution >= 0.6 is 0 Å². The molecule has 0 spiro atoms. The number of benzene rings is 1. The van der Waals surface area contributed by atoms with Crippen molar-refractivity contribution in [3.63, 3.8) is 0 Å². The minimum absolute atomic E-state index is 0.182. The number of carbonyl (C=O) groups excluding carboxylic acids is 1. The van der Waals surface area contributed by atoms with Crippen molar-refractivity contribution in [2.75, 3.05) is 11.9 Å². The Morgan fingerprint density at radius 3 is 2.59 bits per heavy atom. The second kappa shape index (κ2) is 6.77. The van der Waals surface area contributed by atoms with Crippen LogP contribution in [0.25, 0.3) is 0 Å². The van der Waals surface area contributed by atoms with Crippen LogP contribution in [0.5, 0.6) is 0 Å². The molecule has 1 atom stereocenters. The molecule has 120 valence electrons. The molecule has 1 rings (SSSR count). The molecule has 0 fully saturated rings. The maximum atomic E-state index is 11.4. The van der Waals surface area contributed by atoms with E-state index >= 15 is 0 Å². The summed E-state index contributed by atoms with van der Waals surface area (Å²) in [4.78, 5) is 11.4. The largest absolute Gasteiger partial charge is 0.450 e. The number of anilines is 1. The number of ether oxygens (including phenoxy) is 1. The summed E-state index contributed by atoms with van der Waals surface area (Å²) >= 11 is 0. The lowest BCUT2D eigenvalue weighted by Gasteiger charge is -2.31. The minimum Gasteiger partial charge on any atom is -0.450 e. The Bertz CT molecular complexity index is 583. The van der Waals surface area contributed by atoms with Crippen LogP contribution in [0.2, 0.25) is 0 Å². The van der Waals surface area contributed by atoms with Crippen LogP contribution in [-0.2, 0) is 10.5 Å². The van der Waals surface area contributed by atoms with Gasteiger partial charge in [-0.15, -0.1) is 0 Å². The highest BCUT2D eigenvalue weighted by Crippen LogP contribution is 2.32. The van der Waals surface area contributed by atoms with Gasteiger partial charge in [0.25, 0.3) is 0 Å². The molecule has 0 bridgehead atoms. The van der Waals surface area contributed by atoms with Crippen molar-refractivity contribution in [1.29, 1.82) is 5.26 Å². The lowest BCUT2D eigenvalue weighted by molar-refractivity contribution is 0.00290. The number of hydrogen-bond donors (Lipinski definition) is 3. The first-order valence-corrected chi connectivity index (χ1v) is 7.09. The molecule has 0 aliphatic carbocycles. The van der Waals surface area contributed by atoms with Gasteiger partial charge in [0.1, 0.15) is 11.8 Å². The standard InChI is InChI=1S/C16H23N3O3/c1-5-22-14(20)19-13-7-6-12(8-11(13)9-17)16(18,21)10-15(2,3)4/h6-8,21H,5,10,18H2,1-4H3,(H,19,20). The lowest BCUT2D eigenvalue weighted by atomic mass is 9.83. The van der Waals surface area contributed by atoms with Crippen molar-refractivity contribution in [2.45, 2.75) is 39.8 Å². The topological polar surface area (TPSA) is 108 Å². The van der Waals surface area contributed by atoms with Crippen molar-refractivity contribution in [2.24, 2.45) is 11.1 Å². The first-order chi connectivity index (χ1) is 10.1. The summed E-state index contributed by atoms with van der Waals surface area (Å²) in [5.41, 5.74) is 5.20. The smallest absolute Gasteiger partial charge is 0.411 e. The maximum Gasteiger partial charge on any atom is 0.411 e. The molecular weight excluding hydrogens is 282 g/mol. The minimum atomic E-state index is -1.55. The van der Waals surface area contributed by atoms with Crippen LogP contribution < -0.4 is 11.1 Å². The van der Waals surface area contributed by atoms with Gasteiger partial charge in [0.2, 0.25) is 0 Å². The van der Waals surface area contributed by atoms with E-state index in [1.807, 2.05) is 26.8 Å². The fourth-order valence-corrected chi connectivity index (χ4v) is 2.20. The number of hydrogen-bond acceptors (Lipinski definition) is 5. The summed E-state index contributed by atoms with van der Waals surface area (Å²) < 4.78 is 4.78. The number of aliphatic hydroxyl groups is 1. The monoisotopic (exact) mass is 305 g/mol. The third kappa shape index (κ3) is 5.02. The van der Waals surface area contributed by atoms with E-state index in [1.165, 1.54) is 12.1 Å². The molecule has 1 unspecified atom stereocenters. The third-order valence-electron chi connectivity index (χ3n) is 2.95. The highest BCUT2D eigenvalue weighted by molar-refractivity contribution is 5.86. The average molecular weight is 305 g/mol. The number of carbonyl (C=O) groups is 1. The predicted molar refractivity (Wildman–Crippen MR) is 84.0 cm³/mol. The Kier molecular flexibility index (Phi) is 5.53. The van der Waals surface area contributed by atoms with Gasteiger partial charge in [-0.05, 0) is 36.5 Å². The number of nitriles is 1. The Balaban J connectivity index is 3.07. The van der Waals surface area contributed by atoms with Gasteiger partial charge < -0.3 is 9.84 Å². The van der Waals surface area contributed by atoms with Gasteiger partial charge in [-0.1, -0.05) is 26.8 Å². The highest BCUT2D eigenvalue weighted by atomic mass is 16.5. The molecule has 22 heavy (non-hydrogen) atoms. The van der Waals surface area contributed by atoms with E-state index in [0.29, 0.717) is 17.7 Å². The molecule has 0 aliphatic rings. The van der Waals surface area contributed by atoms with E-state index in [-0.39, 0.29) is 17.6 Å². The number of nitrogens with one attached hydrogen (secondary N) is 1. The van der Waals surface area contributed by atoms with Crippen molar-refractivity contribution < 1.29 is 14.6 Å². The van der Waals surface area contributed by atoms with Gasteiger partial charge in [-0.25, -0.2) is 4.79 Å². The molecule has 0 saturated heterocycles. The lowest BCUT2D eigenvalue weighted by Crippen LogP contribution is -2.40. The van der Waals surface area contributed by atoms with Crippen molar-refractivity contribution in [3.8, 4) is 6.07 Å². The molecular formula is C16H23N3O3. The van der Waals surface area contributed by atoms with E-state index in [1.54, 1.807) is 13.0 Å². The van der Waals surface area contributed by atoms with Crippen molar-refractivity contribution in [1.82, 2.24) is 0 Å². The molecule has 0 aromatic heterocycles. The zero-order valence-electron chi connectivity index (χ0n) is 13.4. The van der Waals surface area contributed by atoms with Crippen LogP contribution in [-0.4, -0.2) is 17.8 Å². The van der Waals surface area contributed by atoms with Gasteiger partial charge >= 0.3 is 6.09 Å². The Morgan fingerprint density at radius 1 is 1.45 bits per heavy atom. The maximum absolute atomic E-state index is 11.4. The third-order valence-corrected chi connectivity index (χ3v) is 2.95. The summed E-state index contributed by atoms with van der Waals surface area (Å²) in [6, 6.07) is 6.59. The zero-order valence-corrected chi connectivity index (χ0v) is 13.4. The Labute approximate surface area is 130 Å². The number of rotatable bonds is 4. The summed E-state index contributed by atoms with van der Waals surface area (Å²) in [7, 11) is 0. The van der Waals surface area contributed by atoms with E-state index in [4.69, 9.17) is 10.5 Å². The first kappa shape index (κ1) is 18.0. The van der Waals surface area contributed by atoms with Gasteiger partial charge in [-0.2, -0.15) is 5.26 Å². The summed E-state index contributed by atoms with van der Waals surface area (Å²) in [5, 5.41) is 22.2. The number of nitrogens with two attached hydrogens (primary N) is 1. The van der Waals surface area contributed by atoms with Gasteiger partial charge in [0, 0.05) is 0 Å². The second-order valence-corrected chi connectivity index (χ2v) is 6.38. The van der Waals surface area contributed by atoms with Crippen LogP contribution in [0.1, 0.15) is 45.2 Å². The molecule has 1 aromatic rings. The summed E-state index contributed by atoms with van der Waals surface area (Å²) in [6.07, 6.45) is -0.306. The van der Waals surface area contributed by atoms with Crippen molar-refractivity contribution >= 4 is 11.8 Å². The first-order valence-electron chi connectivity index (χ1n) is 7.09. The second-order valence-electron chi connectivity index (χ2n) is 6.38. The molecule has 4 N–H and O–H groups in total. The molecule has 1 aromatic carbocycles. The molecule has 0 heterocycles. The molecule has 6 nitrogen and oxygen atoms in total. The number of amides is 1. The fraction of sp³-hybridized carbons (Fsp3) is 0.500. The van der Waals surface area contributed by atoms with E-state index in [2.05, 4.69) is 5.32 Å². The van der Waals surface area contributed by atoms with Gasteiger partial charge in [-0.3, -0.25) is 11.1 Å². The SMILES string of the molecule is CCOC(=O)Nc1ccc(C(N)(O)CC(C)(C)C)cc1C#N. The molecule has 1 amide bonds.